The lowest BCUT2D eigenvalue weighted by molar-refractivity contribution is 0.308. The van der Waals surface area contributed by atoms with Gasteiger partial charge < -0.3 is 10.2 Å². The molecule has 1 heterocycles. The Morgan fingerprint density at radius 3 is 2.80 bits per heavy atom. The molecule has 1 aliphatic rings. The smallest absolute Gasteiger partial charge is 0.109 e. The van der Waals surface area contributed by atoms with E-state index in [0.717, 1.165) is 30.2 Å². The third-order valence-corrected chi connectivity index (χ3v) is 3.17. The molecule has 0 bridgehead atoms. The molecular formula is C12H16N2S. The van der Waals surface area contributed by atoms with Crippen molar-refractivity contribution >= 4 is 17.2 Å². The van der Waals surface area contributed by atoms with E-state index in [9.17, 15) is 0 Å². The molecule has 3 heteroatoms. The predicted octanol–water partition coefficient (Wildman–Crippen LogP) is 1.66. The van der Waals surface area contributed by atoms with Gasteiger partial charge in [0.1, 0.15) is 4.99 Å². The van der Waals surface area contributed by atoms with Crippen LogP contribution in [-0.4, -0.2) is 35.6 Å². The lowest BCUT2D eigenvalue weighted by atomic mass is 10.1. The minimum Gasteiger partial charge on any atom is -0.359 e. The van der Waals surface area contributed by atoms with Gasteiger partial charge in [-0.25, -0.2) is 0 Å². The molecule has 1 aromatic carbocycles. The van der Waals surface area contributed by atoms with Gasteiger partial charge in [-0.05, 0) is 6.92 Å². The zero-order valence-electron chi connectivity index (χ0n) is 8.94. The second kappa shape index (κ2) is 4.73. The molecule has 0 radical (unpaired) electrons. The monoisotopic (exact) mass is 220 g/mol. The van der Waals surface area contributed by atoms with Crippen molar-refractivity contribution in [3.8, 4) is 0 Å². The number of nitrogens with zero attached hydrogens (tertiary/aromatic N) is 1. The minimum absolute atomic E-state index is 0.528. The van der Waals surface area contributed by atoms with Crippen molar-refractivity contribution in [1.82, 2.24) is 10.2 Å². The normalized spacial score (nSPS) is 21.4. The molecule has 0 unspecified atom stereocenters. The Hall–Kier alpha value is -0.930. The SMILES string of the molecule is C[C@@H]1CN(C(=S)c2ccccc2)CCN1. The Balaban J connectivity index is 2.08. The number of thiocarbonyl (C=S) groups is 1. The summed E-state index contributed by atoms with van der Waals surface area (Å²) < 4.78 is 0. The zero-order valence-corrected chi connectivity index (χ0v) is 9.76. The van der Waals surface area contributed by atoms with Gasteiger partial charge in [-0.15, -0.1) is 0 Å². The van der Waals surface area contributed by atoms with Gasteiger partial charge in [0.25, 0.3) is 0 Å². The third-order valence-electron chi connectivity index (χ3n) is 2.68. The van der Waals surface area contributed by atoms with Gasteiger partial charge in [-0.1, -0.05) is 42.5 Å². The summed E-state index contributed by atoms with van der Waals surface area (Å²) in [6.45, 7) is 5.24. The molecule has 80 valence electrons. The van der Waals surface area contributed by atoms with Crippen molar-refractivity contribution in [2.45, 2.75) is 13.0 Å². The van der Waals surface area contributed by atoms with E-state index in [0.29, 0.717) is 6.04 Å². The topological polar surface area (TPSA) is 15.3 Å². The largest absolute Gasteiger partial charge is 0.359 e. The highest BCUT2D eigenvalue weighted by Gasteiger charge is 2.18. The maximum absolute atomic E-state index is 5.49. The van der Waals surface area contributed by atoms with Crippen LogP contribution in [0.2, 0.25) is 0 Å². The van der Waals surface area contributed by atoms with E-state index in [1.807, 2.05) is 18.2 Å². The van der Waals surface area contributed by atoms with Crippen LogP contribution < -0.4 is 5.32 Å². The van der Waals surface area contributed by atoms with E-state index < -0.39 is 0 Å². The van der Waals surface area contributed by atoms with Gasteiger partial charge >= 0.3 is 0 Å². The van der Waals surface area contributed by atoms with Crippen molar-refractivity contribution < 1.29 is 0 Å². The van der Waals surface area contributed by atoms with Gasteiger partial charge in [0, 0.05) is 31.2 Å². The summed E-state index contributed by atoms with van der Waals surface area (Å²) in [7, 11) is 0. The van der Waals surface area contributed by atoms with Crippen LogP contribution in [0.4, 0.5) is 0 Å². The first kappa shape index (κ1) is 10.6. The molecule has 0 saturated carbocycles. The maximum atomic E-state index is 5.49. The number of hydrogen-bond donors (Lipinski definition) is 1. The molecule has 0 spiro atoms. The molecule has 1 fully saturated rings. The van der Waals surface area contributed by atoms with Crippen molar-refractivity contribution in [3.05, 3.63) is 35.9 Å². The molecule has 1 aliphatic heterocycles. The summed E-state index contributed by atoms with van der Waals surface area (Å²) in [6.07, 6.45) is 0. The van der Waals surface area contributed by atoms with Crippen molar-refractivity contribution in [2.75, 3.05) is 19.6 Å². The second-order valence-electron chi connectivity index (χ2n) is 3.97. The van der Waals surface area contributed by atoms with Gasteiger partial charge in [0.2, 0.25) is 0 Å². The number of hydrogen-bond acceptors (Lipinski definition) is 2. The Kier molecular flexibility index (Phi) is 3.34. The quantitative estimate of drug-likeness (QED) is 0.725. The van der Waals surface area contributed by atoms with Crippen LogP contribution >= 0.6 is 12.2 Å². The molecule has 2 nitrogen and oxygen atoms in total. The molecule has 15 heavy (non-hydrogen) atoms. The fourth-order valence-corrected chi connectivity index (χ4v) is 2.18. The number of rotatable bonds is 1. The summed E-state index contributed by atoms with van der Waals surface area (Å²) in [5.74, 6) is 0. The van der Waals surface area contributed by atoms with Crippen LogP contribution in [0.25, 0.3) is 0 Å². The Morgan fingerprint density at radius 2 is 2.13 bits per heavy atom. The number of nitrogens with one attached hydrogen (secondary N) is 1. The van der Waals surface area contributed by atoms with E-state index in [-0.39, 0.29) is 0 Å². The van der Waals surface area contributed by atoms with Crippen LogP contribution in [-0.2, 0) is 0 Å². The fraction of sp³-hybridized carbons (Fsp3) is 0.417. The first-order chi connectivity index (χ1) is 7.27. The summed E-state index contributed by atoms with van der Waals surface area (Å²) in [5, 5.41) is 3.42. The lowest BCUT2D eigenvalue weighted by Gasteiger charge is -2.33. The second-order valence-corrected chi connectivity index (χ2v) is 4.36. The van der Waals surface area contributed by atoms with Crippen LogP contribution in [0, 0.1) is 0 Å². The van der Waals surface area contributed by atoms with E-state index >= 15 is 0 Å². The fourth-order valence-electron chi connectivity index (χ4n) is 1.88. The van der Waals surface area contributed by atoms with Gasteiger partial charge in [-0.2, -0.15) is 0 Å². The van der Waals surface area contributed by atoms with Gasteiger partial charge in [0.15, 0.2) is 0 Å². The number of piperazine rings is 1. The Bertz CT molecular complexity index is 337. The molecule has 1 saturated heterocycles. The van der Waals surface area contributed by atoms with Crippen molar-refractivity contribution in [1.29, 1.82) is 0 Å². The molecular weight excluding hydrogens is 204 g/mol. The predicted molar refractivity (Wildman–Crippen MR) is 67.2 cm³/mol. The molecule has 0 amide bonds. The van der Waals surface area contributed by atoms with E-state index in [1.165, 1.54) is 0 Å². The van der Waals surface area contributed by atoms with Crippen LogP contribution in [0.5, 0.6) is 0 Å². The third kappa shape index (κ3) is 2.55. The van der Waals surface area contributed by atoms with E-state index in [4.69, 9.17) is 12.2 Å². The summed E-state index contributed by atoms with van der Waals surface area (Å²) >= 11 is 5.49. The average molecular weight is 220 g/mol. The summed E-state index contributed by atoms with van der Waals surface area (Å²) in [6, 6.07) is 10.8. The van der Waals surface area contributed by atoms with E-state index in [2.05, 4.69) is 29.3 Å². The van der Waals surface area contributed by atoms with Gasteiger partial charge in [0.05, 0.1) is 0 Å². The highest BCUT2D eigenvalue weighted by molar-refractivity contribution is 7.80. The molecule has 2 rings (SSSR count). The lowest BCUT2D eigenvalue weighted by Crippen LogP contribution is -2.51. The summed E-state index contributed by atoms with van der Waals surface area (Å²) in [4.78, 5) is 3.26. The zero-order chi connectivity index (χ0) is 10.7. The van der Waals surface area contributed by atoms with Crippen LogP contribution in [0.3, 0.4) is 0 Å². The minimum atomic E-state index is 0.528. The highest BCUT2D eigenvalue weighted by atomic mass is 32.1. The standard InChI is InChI=1S/C12H16N2S/c1-10-9-14(8-7-13-10)12(15)11-5-3-2-4-6-11/h2-6,10,13H,7-9H2,1H3/t10-/m1/s1. The molecule has 1 atom stereocenters. The number of benzene rings is 1. The van der Waals surface area contributed by atoms with Crippen molar-refractivity contribution in [2.24, 2.45) is 0 Å². The van der Waals surface area contributed by atoms with Gasteiger partial charge in [-0.3, -0.25) is 0 Å². The molecule has 0 aromatic heterocycles. The summed E-state index contributed by atoms with van der Waals surface area (Å²) in [5.41, 5.74) is 1.15. The highest BCUT2D eigenvalue weighted by Crippen LogP contribution is 2.08. The first-order valence-electron chi connectivity index (χ1n) is 5.35. The first-order valence-corrected chi connectivity index (χ1v) is 5.76. The average Bonchev–Trinajstić information content (AvgIpc) is 2.29. The molecule has 1 N–H and O–H groups in total. The molecule has 1 aromatic rings. The van der Waals surface area contributed by atoms with Crippen LogP contribution in [0.15, 0.2) is 30.3 Å². The maximum Gasteiger partial charge on any atom is 0.109 e. The Labute approximate surface area is 96.3 Å². The Morgan fingerprint density at radius 1 is 1.40 bits per heavy atom. The molecule has 0 aliphatic carbocycles. The van der Waals surface area contributed by atoms with E-state index in [1.54, 1.807) is 0 Å². The van der Waals surface area contributed by atoms with Crippen LogP contribution in [0.1, 0.15) is 12.5 Å². The van der Waals surface area contributed by atoms with Crippen molar-refractivity contribution in [3.63, 3.8) is 0 Å².